The van der Waals surface area contributed by atoms with E-state index in [-0.39, 0.29) is 12.0 Å². The summed E-state index contributed by atoms with van der Waals surface area (Å²) in [4.78, 5) is 24.5. The fraction of sp³-hybridized carbons (Fsp3) is 0.240. The highest BCUT2D eigenvalue weighted by molar-refractivity contribution is 7.13. The summed E-state index contributed by atoms with van der Waals surface area (Å²) in [6.07, 6.45) is 2.51. The van der Waals surface area contributed by atoms with Crippen LogP contribution in [0, 0.1) is 0 Å². The van der Waals surface area contributed by atoms with Crippen LogP contribution in [0.3, 0.4) is 0 Å². The Balaban J connectivity index is 1.37. The number of nitrogens with zero attached hydrogens (tertiary/aromatic N) is 3. The van der Waals surface area contributed by atoms with Gasteiger partial charge in [0, 0.05) is 36.6 Å². The summed E-state index contributed by atoms with van der Waals surface area (Å²) in [5.41, 5.74) is 3.50. The van der Waals surface area contributed by atoms with E-state index >= 15 is 0 Å². The summed E-state index contributed by atoms with van der Waals surface area (Å²) in [5.74, 6) is -0.184. The summed E-state index contributed by atoms with van der Waals surface area (Å²) in [5, 5.41) is 6.14. The molecule has 162 valence electrons. The van der Waals surface area contributed by atoms with Gasteiger partial charge in [0.25, 0.3) is 5.91 Å². The third-order valence-corrected chi connectivity index (χ3v) is 6.36. The molecule has 6 nitrogen and oxygen atoms in total. The molecule has 1 atom stereocenters. The van der Waals surface area contributed by atoms with E-state index in [0.29, 0.717) is 17.3 Å². The van der Waals surface area contributed by atoms with Crippen molar-refractivity contribution in [2.75, 3.05) is 31.6 Å². The molecule has 0 aliphatic carbocycles. The molecule has 0 radical (unpaired) electrons. The lowest BCUT2D eigenvalue weighted by Crippen LogP contribution is -2.39. The molecule has 3 heterocycles. The third-order valence-electron chi connectivity index (χ3n) is 5.67. The van der Waals surface area contributed by atoms with Crippen molar-refractivity contribution in [3.63, 3.8) is 0 Å². The first-order chi connectivity index (χ1) is 15.8. The molecule has 7 heteroatoms. The summed E-state index contributed by atoms with van der Waals surface area (Å²) in [6.45, 7) is 3.27. The zero-order valence-electron chi connectivity index (χ0n) is 17.6. The Hall–Kier alpha value is -3.13. The Kier molecular flexibility index (Phi) is 6.20. The van der Waals surface area contributed by atoms with Gasteiger partial charge in [0.05, 0.1) is 23.4 Å². The van der Waals surface area contributed by atoms with Crippen molar-refractivity contribution in [3.05, 3.63) is 89.1 Å². The number of pyridine rings is 1. The number of hydrogen-bond acceptors (Lipinski definition) is 6. The van der Waals surface area contributed by atoms with Crippen molar-refractivity contribution in [2.24, 2.45) is 0 Å². The number of morpholine rings is 1. The summed E-state index contributed by atoms with van der Waals surface area (Å²) < 4.78 is 6.09. The molecule has 1 fully saturated rings. The van der Waals surface area contributed by atoms with Gasteiger partial charge in [-0.05, 0) is 24.1 Å². The average Bonchev–Trinajstić information content (AvgIpc) is 3.36. The molecule has 5 rings (SSSR count). The number of nitrogens with one attached hydrogen (secondary N) is 1. The quantitative estimate of drug-likeness (QED) is 0.472. The van der Waals surface area contributed by atoms with Crippen LogP contribution in [0.2, 0.25) is 0 Å². The first kappa shape index (κ1) is 20.8. The lowest BCUT2D eigenvalue weighted by molar-refractivity contribution is -0.0315. The van der Waals surface area contributed by atoms with Crippen molar-refractivity contribution >= 4 is 33.3 Å². The second kappa shape index (κ2) is 9.56. The van der Waals surface area contributed by atoms with Crippen LogP contribution in [0.1, 0.15) is 27.7 Å². The molecule has 0 bridgehead atoms. The minimum Gasteiger partial charge on any atom is -0.369 e. The number of aromatic nitrogens is 2. The second-order valence-corrected chi connectivity index (χ2v) is 8.69. The number of rotatable bonds is 6. The molecule has 2 aromatic heterocycles. The Morgan fingerprint density at radius 2 is 2.00 bits per heavy atom. The van der Waals surface area contributed by atoms with Crippen molar-refractivity contribution in [1.82, 2.24) is 14.9 Å². The maximum atomic E-state index is 13.1. The fourth-order valence-electron chi connectivity index (χ4n) is 4.01. The van der Waals surface area contributed by atoms with E-state index in [4.69, 9.17) is 9.72 Å². The van der Waals surface area contributed by atoms with Crippen molar-refractivity contribution in [3.8, 4) is 0 Å². The first-order valence-electron chi connectivity index (χ1n) is 10.7. The average molecular weight is 445 g/mol. The molecule has 1 aliphatic rings. The van der Waals surface area contributed by atoms with E-state index in [2.05, 4.69) is 39.5 Å². The van der Waals surface area contributed by atoms with Crippen molar-refractivity contribution in [1.29, 1.82) is 0 Å². The van der Waals surface area contributed by atoms with Gasteiger partial charge in [-0.3, -0.25) is 15.0 Å². The Morgan fingerprint density at radius 1 is 1.16 bits per heavy atom. The zero-order valence-corrected chi connectivity index (χ0v) is 18.4. The number of fused-ring (bicyclic) bond motifs is 1. The van der Waals surface area contributed by atoms with Crippen molar-refractivity contribution in [2.45, 2.75) is 12.5 Å². The highest BCUT2D eigenvalue weighted by atomic mass is 32.1. The summed E-state index contributed by atoms with van der Waals surface area (Å²) in [7, 11) is 0. The Bertz CT molecular complexity index is 1200. The van der Waals surface area contributed by atoms with Gasteiger partial charge in [-0.2, -0.15) is 0 Å². The van der Waals surface area contributed by atoms with Crippen LogP contribution in [-0.2, 0) is 11.2 Å². The normalized spacial score (nSPS) is 16.8. The van der Waals surface area contributed by atoms with Crippen LogP contribution >= 0.6 is 11.3 Å². The Morgan fingerprint density at radius 3 is 2.84 bits per heavy atom. The molecule has 1 saturated heterocycles. The van der Waals surface area contributed by atoms with Gasteiger partial charge in [-0.15, -0.1) is 11.3 Å². The van der Waals surface area contributed by atoms with Gasteiger partial charge < -0.3 is 4.74 Å². The van der Waals surface area contributed by atoms with Crippen molar-refractivity contribution < 1.29 is 9.53 Å². The van der Waals surface area contributed by atoms with Crippen LogP contribution in [0.15, 0.2) is 72.2 Å². The Labute approximate surface area is 190 Å². The summed E-state index contributed by atoms with van der Waals surface area (Å²) >= 11 is 1.40. The van der Waals surface area contributed by atoms with Gasteiger partial charge in [0.2, 0.25) is 0 Å². The molecule has 2 aromatic carbocycles. The number of para-hydroxylation sites is 1. The van der Waals surface area contributed by atoms with E-state index in [1.54, 1.807) is 6.20 Å². The lowest BCUT2D eigenvalue weighted by Gasteiger charge is -2.33. The monoisotopic (exact) mass is 444 g/mol. The molecule has 0 saturated carbocycles. The molecular formula is C25H24N4O2S. The van der Waals surface area contributed by atoms with Gasteiger partial charge in [0.1, 0.15) is 6.10 Å². The molecular weight excluding hydrogens is 420 g/mol. The predicted molar refractivity (Wildman–Crippen MR) is 127 cm³/mol. The predicted octanol–water partition coefficient (Wildman–Crippen LogP) is 4.56. The number of hydrogen-bond donors (Lipinski definition) is 1. The van der Waals surface area contributed by atoms with Crippen LogP contribution < -0.4 is 5.32 Å². The van der Waals surface area contributed by atoms with Crippen LogP contribution in [-0.4, -0.2) is 47.0 Å². The first-order valence-corrected chi connectivity index (χ1v) is 11.6. The number of benzene rings is 2. The number of carbonyl (C=O) groups excluding carboxylic acids is 1. The van der Waals surface area contributed by atoms with Gasteiger partial charge in [0.15, 0.2) is 5.13 Å². The highest BCUT2D eigenvalue weighted by Crippen LogP contribution is 2.27. The minimum atomic E-state index is -0.184. The third kappa shape index (κ3) is 4.70. The zero-order chi connectivity index (χ0) is 21.8. The fourth-order valence-corrected chi connectivity index (χ4v) is 4.54. The molecule has 1 unspecified atom stereocenters. The van der Waals surface area contributed by atoms with E-state index in [9.17, 15) is 4.79 Å². The molecule has 0 spiro atoms. The maximum absolute atomic E-state index is 13.1. The molecule has 4 aromatic rings. The highest BCUT2D eigenvalue weighted by Gasteiger charge is 2.25. The maximum Gasteiger partial charge on any atom is 0.258 e. The van der Waals surface area contributed by atoms with Crippen LogP contribution in [0.4, 0.5) is 5.13 Å². The van der Waals surface area contributed by atoms with Crippen LogP contribution in [0.5, 0.6) is 0 Å². The SMILES string of the molecule is O=C(Nc1nccs1)c1cc(C2CN(CCc3ccccc3)CCO2)nc2ccccc12. The number of anilines is 1. The lowest BCUT2D eigenvalue weighted by atomic mass is 10.0. The molecule has 32 heavy (non-hydrogen) atoms. The van der Waals surface area contributed by atoms with Gasteiger partial charge >= 0.3 is 0 Å². The molecule has 1 amide bonds. The van der Waals surface area contributed by atoms with Crippen LogP contribution in [0.25, 0.3) is 10.9 Å². The largest absolute Gasteiger partial charge is 0.369 e. The van der Waals surface area contributed by atoms with E-state index in [1.807, 2.05) is 41.8 Å². The van der Waals surface area contributed by atoms with Gasteiger partial charge in [-0.1, -0.05) is 48.5 Å². The number of carbonyl (C=O) groups is 1. The smallest absolute Gasteiger partial charge is 0.258 e. The summed E-state index contributed by atoms with van der Waals surface area (Å²) in [6, 6.07) is 20.1. The van der Waals surface area contributed by atoms with E-state index < -0.39 is 0 Å². The number of ether oxygens (including phenoxy) is 1. The second-order valence-electron chi connectivity index (χ2n) is 7.80. The van der Waals surface area contributed by atoms with Gasteiger partial charge in [-0.25, -0.2) is 9.97 Å². The minimum absolute atomic E-state index is 0.171. The standard InChI is InChI=1S/C25H24N4O2S/c30-24(28-25-26-11-15-32-25)20-16-22(27-21-9-5-4-8-19(20)21)23-17-29(13-14-31-23)12-10-18-6-2-1-3-7-18/h1-9,11,15-16,23H,10,12-14,17H2,(H,26,28,30). The molecule has 1 N–H and O–H groups in total. The number of thiazole rings is 1. The topological polar surface area (TPSA) is 67.4 Å². The number of amides is 1. The molecule has 1 aliphatic heterocycles. The van der Waals surface area contributed by atoms with E-state index in [1.165, 1.54) is 16.9 Å². The van der Waals surface area contributed by atoms with E-state index in [0.717, 1.165) is 42.7 Å².